The van der Waals surface area contributed by atoms with Crippen molar-refractivity contribution in [2.75, 3.05) is 5.32 Å². The number of hydrogen-bond donors (Lipinski definition) is 2. The maximum Gasteiger partial charge on any atom is 0.325 e. The average molecular weight is 257 g/mol. The van der Waals surface area contributed by atoms with Crippen LogP contribution in [0.15, 0.2) is 24.4 Å². The molecule has 0 unspecified atom stereocenters. The van der Waals surface area contributed by atoms with E-state index in [2.05, 4.69) is 10.3 Å². The lowest BCUT2D eigenvalue weighted by Gasteiger charge is -2.08. The van der Waals surface area contributed by atoms with Gasteiger partial charge in [-0.05, 0) is 19.1 Å². The Labute approximate surface area is 100 Å². The van der Waals surface area contributed by atoms with Gasteiger partial charge in [0.15, 0.2) is 0 Å². The Morgan fingerprint density at radius 2 is 2.07 bits per heavy atom. The minimum atomic E-state index is -0.888. The summed E-state index contributed by atoms with van der Waals surface area (Å²) in [6.07, 6.45) is 1.61. The van der Waals surface area contributed by atoms with Crippen molar-refractivity contribution in [3.63, 3.8) is 0 Å². The van der Waals surface area contributed by atoms with Gasteiger partial charge in [-0.2, -0.15) is 0 Å². The first-order valence-corrected chi connectivity index (χ1v) is 3.60. The predicted molar refractivity (Wildman–Crippen MR) is 63.1 cm³/mol. The molecule has 0 amide bonds. The number of carbonyl (C=O) groups is 1. The van der Waals surface area contributed by atoms with Crippen molar-refractivity contribution < 1.29 is 15.4 Å². The van der Waals surface area contributed by atoms with Crippen LogP contribution < -0.4 is 5.32 Å². The first kappa shape index (κ1) is 19.5. The van der Waals surface area contributed by atoms with Crippen LogP contribution in [0.1, 0.15) is 6.92 Å². The fourth-order valence-electron chi connectivity index (χ4n) is 0.732. The van der Waals surface area contributed by atoms with Crippen LogP contribution in [0.25, 0.3) is 0 Å². The summed E-state index contributed by atoms with van der Waals surface area (Å²) in [5.74, 6) is -0.312. The Balaban J connectivity index is -0.000000480. The molecule has 88 valence electrons. The van der Waals surface area contributed by atoms with Gasteiger partial charge in [-0.3, -0.25) is 4.79 Å². The number of carboxylic acid groups (broad SMARTS) is 1. The Kier molecular flexibility index (Phi) is 12.4. The minimum absolute atomic E-state index is 0. The Morgan fingerprint density at radius 1 is 1.47 bits per heavy atom. The molecule has 7 heteroatoms. The van der Waals surface area contributed by atoms with E-state index >= 15 is 0 Å². The van der Waals surface area contributed by atoms with E-state index in [4.69, 9.17) is 5.11 Å². The molecule has 0 saturated carbocycles. The van der Waals surface area contributed by atoms with Crippen LogP contribution in [0.4, 0.5) is 5.82 Å². The molecule has 0 aliphatic carbocycles. The standard InChI is InChI=1S/C8H10N2O2.2ClH.H2O/c1-6(8(11)12)10-7-4-2-3-5-9-7;;;/h2-6H,1H3,(H,9,10)(H,11,12);2*1H;1H2/t6-;;;/m0.../s1. The van der Waals surface area contributed by atoms with Crippen molar-refractivity contribution >= 4 is 36.6 Å². The Hall–Kier alpha value is -1.04. The molecule has 0 spiro atoms. The third-order valence-corrected chi connectivity index (χ3v) is 1.40. The molecule has 1 heterocycles. The number of halogens is 2. The van der Waals surface area contributed by atoms with Gasteiger partial charge in [0.1, 0.15) is 11.9 Å². The highest BCUT2D eigenvalue weighted by Crippen LogP contribution is 2.01. The predicted octanol–water partition coefficient (Wildman–Crippen LogP) is 0.985. The largest absolute Gasteiger partial charge is 0.480 e. The number of pyridine rings is 1. The van der Waals surface area contributed by atoms with Crippen molar-refractivity contribution in [3.8, 4) is 0 Å². The molecule has 0 aliphatic heterocycles. The van der Waals surface area contributed by atoms with E-state index in [1.165, 1.54) is 0 Å². The number of nitrogens with zero attached hydrogens (tertiary/aromatic N) is 1. The van der Waals surface area contributed by atoms with Crippen molar-refractivity contribution in [2.24, 2.45) is 0 Å². The first-order chi connectivity index (χ1) is 5.70. The summed E-state index contributed by atoms with van der Waals surface area (Å²) >= 11 is 0. The van der Waals surface area contributed by atoms with E-state index in [9.17, 15) is 4.79 Å². The third-order valence-electron chi connectivity index (χ3n) is 1.40. The lowest BCUT2D eigenvalue weighted by atomic mass is 10.3. The number of rotatable bonds is 3. The van der Waals surface area contributed by atoms with Gasteiger partial charge in [0.05, 0.1) is 0 Å². The molecule has 0 fully saturated rings. The fourth-order valence-corrected chi connectivity index (χ4v) is 0.732. The van der Waals surface area contributed by atoms with Gasteiger partial charge in [-0.15, -0.1) is 24.8 Å². The summed E-state index contributed by atoms with van der Waals surface area (Å²) in [7, 11) is 0. The van der Waals surface area contributed by atoms with Crippen LogP contribution in [0.3, 0.4) is 0 Å². The highest BCUT2D eigenvalue weighted by Gasteiger charge is 2.09. The molecule has 0 saturated heterocycles. The molecule has 0 radical (unpaired) electrons. The number of carboxylic acids is 1. The Bertz CT molecular complexity index is 272. The van der Waals surface area contributed by atoms with Crippen molar-refractivity contribution in [3.05, 3.63) is 24.4 Å². The van der Waals surface area contributed by atoms with Gasteiger partial charge >= 0.3 is 5.97 Å². The minimum Gasteiger partial charge on any atom is -0.480 e. The second kappa shape index (κ2) is 9.51. The SMILES string of the molecule is C[C@H](Nc1ccccn1)C(=O)O.Cl.Cl.O. The summed E-state index contributed by atoms with van der Waals surface area (Å²) in [5, 5.41) is 11.3. The molecule has 0 bridgehead atoms. The van der Waals surface area contributed by atoms with Gasteiger partial charge in [-0.25, -0.2) is 4.98 Å². The molecular weight excluding hydrogens is 243 g/mol. The molecule has 1 aromatic heterocycles. The van der Waals surface area contributed by atoms with E-state index in [0.29, 0.717) is 5.82 Å². The summed E-state index contributed by atoms with van der Waals surface area (Å²) in [5.41, 5.74) is 0. The molecule has 1 atom stereocenters. The molecule has 4 N–H and O–H groups in total. The quantitative estimate of drug-likeness (QED) is 0.844. The van der Waals surface area contributed by atoms with Gasteiger partial charge in [0, 0.05) is 6.20 Å². The molecule has 0 aliphatic rings. The van der Waals surface area contributed by atoms with Crippen LogP contribution in [-0.4, -0.2) is 27.6 Å². The fraction of sp³-hybridized carbons (Fsp3) is 0.250. The molecule has 0 aromatic carbocycles. The van der Waals surface area contributed by atoms with Gasteiger partial charge < -0.3 is 15.9 Å². The lowest BCUT2D eigenvalue weighted by molar-refractivity contribution is -0.137. The summed E-state index contributed by atoms with van der Waals surface area (Å²) in [6.45, 7) is 1.57. The number of hydrogen-bond acceptors (Lipinski definition) is 3. The highest BCUT2D eigenvalue weighted by atomic mass is 35.5. The number of aromatic nitrogens is 1. The molecular formula is C8H14Cl2N2O3. The van der Waals surface area contributed by atoms with Gasteiger partial charge in [0.25, 0.3) is 0 Å². The highest BCUT2D eigenvalue weighted by molar-refractivity contribution is 5.85. The van der Waals surface area contributed by atoms with E-state index in [0.717, 1.165) is 0 Å². The van der Waals surface area contributed by atoms with E-state index in [1.807, 2.05) is 0 Å². The maximum atomic E-state index is 10.4. The number of aliphatic carboxylic acids is 1. The second-order valence-corrected chi connectivity index (χ2v) is 2.42. The zero-order valence-corrected chi connectivity index (χ0v) is 9.64. The van der Waals surface area contributed by atoms with E-state index in [1.54, 1.807) is 31.3 Å². The number of anilines is 1. The van der Waals surface area contributed by atoms with Crippen LogP contribution in [0, 0.1) is 0 Å². The Morgan fingerprint density at radius 3 is 2.47 bits per heavy atom. The zero-order valence-electron chi connectivity index (χ0n) is 8.01. The van der Waals surface area contributed by atoms with Crippen molar-refractivity contribution in [1.29, 1.82) is 0 Å². The van der Waals surface area contributed by atoms with Gasteiger partial charge in [-0.1, -0.05) is 6.07 Å². The second-order valence-electron chi connectivity index (χ2n) is 2.42. The monoisotopic (exact) mass is 256 g/mol. The zero-order chi connectivity index (χ0) is 8.97. The van der Waals surface area contributed by atoms with Crippen molar-refractivity contribution in [1.82, 2.24) is 4.98 Å². The summed E-state index contributed by atoms with van der Waals surface area (Å²) in [6, 6.07) is 4.68. The lowest BCUT2D eigenvalue weighted by Crippen LogP contribution is -2.25. The van der Waals surface area contributed by atoms with Crippen molar-refractivity contribution in [2.45, 2.75) is 13.0 Å². The normalized spacial score (nSPS) is 9.67. The van der Waals surface area contributed by atoms with E-state index < -0.39 is 12.0 Å². The molecule has 15 heavy (non-hydrogen) atoms. The van der Waals surface area contributed by atoms with Gasteiger partial charge in [0.2, 0.25) is 0 Å². The first-order valence-electron chi connectivity index (χ1n) is 3.60. The van der Waals surface area contributed by atoms with E-state index in [-0.39, 0.29) is 30.3 Å². The van der Waals surface area contributed by atoms with Crippen LogP contribution >= 0.6 is 24.8 Å². The molecule has 5 nitrogen and oxygen atoms in total. The molecule has 1 aromatic rings. The summed E-state index contributed by atoms with van der Waals surface area (Å²) in [4.78, 5) is 14.3. The molecule has 1 rings (SSSR count). The number of nitrogens with one attached hydrogen (secondary N) is 1. The average Bonchev–Trinajstić information content (AvgIpc) is 2.06. The summed E-state index contributed by atoms with van der Waals surface area (Å²) < 4.78 is 0. The maximum absolute atomic E-state index is 10.4. The smallest absolute Gasteiger partial charge is 0.325 e. The van der Waals surface area contributed by atoms with Crippen LogP contribution in [0.5, 0.6) is 0 Å². The topological polar surface area (TPSA) is 93.7 Å². The third kappa shape index (κ3) is 6.96. The van der Waals surface area contributed by atoms with Crippen LogP contribution in [-0.2, 0) is 4.79 Å². The van der Waals surface area contributed by atoms with Crippen LogP contribution in [0.2, 0.25) is 0 Å².